The number of pyridine rings is 1. The third-order valence-corrected chi connectivity index (χ3v) is 6.30. The molecule has 0 radical (unpaired) electrons. The smallest absolute Gasteiger partial charge is 0.269 e. The minimum absolute atomic E-state index is 0.0570. The number of hydrogen-bond acceptors (Lipinski definition) is 6. The normalized spacial score (nSPS) is 19.9. The molecule has 4 rings (SSSR count). The van der Waals surface area contributed by atoms with Gasteiger partial charge in [0.1, 0.15) is 11.8 Å². The molecular formula is C19H15F3N4O2S. The summed E-state index contributed by atoms with van der Waals surface area (Å²) in [5.74, 6) is 0. The lowest BCUT2D eigenvalue weighted by molar-refractivity contribution is -0.137. The highest BCUT2D eigenvalue weighted by Crippen LogP contribution is 2.53. The lowest BCUT2D eigenvalue weighted by Gasteiger charge is -2.40. The van der Waals surface area contributed by atoms with Crippen LogP contribution in [0.3, 0.4) is 0 Å². The van der Waals surface area contributed by atoms with Gasteiger partial charge in [-0.05, 0) is 47.3 Å². The van der Waals surface area contributed by atoms with E-state index in [1.54, 1.807) is 24.3 Å². The fourth-order valence-corrected chi connectivity index (χ4v) is 4.89. The first-order chi connectivity index (χ1) is 13.7. The Bertz CT molecular complexity index is 1130. The molecule has 150 valence electrons. The maximum absolute atomic E-state index is 13.1. The molecule has 1 aromatic heterocycles. The molecule has 1 atom stereocenters. The molecular weight excluding hydrogens is 405 g/mol. The van der Waals surface area contributed by atoms with Gasteiger partial charge in [0, 0.05) is 18.1 Å². The molecule has 0 bridgehead atoms. The van der Waals surface area contributed by atoms with Gasteiger partial charge in [-0.3, -0.25) is 9.11 Å². The maximum atomic E-state index is 13.1. The summed E-state index contributed by atoms with van der Waals surface area (Å²) in [7, 11) is -3.45. The summed E-state index contributed by atoms with van der Waals surface area (Å²) in [6.07, 6.45) is -3.03. The van der Waals surface area contributed by atoms with Crippen LogP contribution in [0, 0.1) is 11.3 Å². The highest BCUT2D eigenvalue weighted by molar-refractivity contribution is 8.24. The van der Waals surface area contributed by atoms with Gasteiger partial charge in [0.15, 0.2) is 0 Å². The van der Waals surface area contributed by atoms with Crippen molar-refractivity contribution in [2.75, 3.05) is 10.8 Å². The van der Waals surface area contributed by atoms with Crippen LogP contribution in [0.4, 0.5) is 18.9 Å². The molecule has 0 aliphatic carbocycles. The molecule has 29 heavy (non-hydrogen) atoms. The van der Waals surface area contributed by atoms with Crippen molar-refractivity contribution in [2.45, 2.75) is 12.2 Å². The summed E-state index contributed by atoms with van der Waals surface area (Å²) < 4.78 is 64.3. The standard InChI is InChI=1S/C19H15F3N4O2S/c20-19(21,22)14-3-1-2-13(8-14)18-11-25-29(27,28)26(18)15-4-5-16-12(9-15)6-7-24-17(16)10-23/h1-9,18,25,27-28H,11H2/t18-/m0/s1. The number of fused-ring (bicyclic) bond motifs is 1. The predicted octanol–water partition coefficient (Wildman–Crippen LogP) is 4.86. The summed E-state index contributed by atoms with van der Waals surface area (Å²) in [5, 5.41) is 10.4. The van der Waals surface area contributed by atoms with Crippen LogP contribution >= 0.6 is 11.0 Å². The van der Waals surface area contributed by atoms with Gasteiger partial charge in [-0.25, -0.2) is 9.29 Å². The van der Waals surface area contributed by atoms with Crippen LogP contribution in [0.2, 0.25) is 0 Å². The van der Waals surface area contributed by atoms with Crippen LogP contribution in [-0.4, -0.2) is 20.6 Å². The van der Waals surface area contributed by atoms with Gasteiger partial charge in [0.2, 0.25) is 0 Å². The first kappa shape index (κ1) is 19.5. The minimum Gasteiger partial charge on any atom is -0.269 e. The summed E-state index contributed by atoms with van der Waals surface area (Å²) in [6, 6.07) is 12.6. The fourth-order valence-electron chi connectivity index (χ4n) is 3.41. The lowest BCUT2D eigenvalue weighted by Crippen LogP contribution is -2.27. The van der Waals surface area contributed by atoms with E-state index >= 15 is 0 Å². The molecule has 2 heterocycles. The number of hydrogen-bond donors (Lipinski definition) is 3. The van der Waals surface area contributed by atoms with Gasteiger partial charge >= 0.3 is 6.18 Å². The van der Waals surface area contributed by atoms with Gasteiger partial charge in [0.25, 0.3) is 0 Å². The van der Waals surface area contributed by atoms with E-state index in [0.29, 0.717) is 22.0 Å². The second-order valence-corrected chi connectivity index (χ2v) is 8.23. The van der Waals surface area contributed by atoms with E-state index in [9.17, 15) is 27.5 Å². The van der Waals surface area contributed by atoms with E-state index in [2.05, 4.69) is 9.71 Å². The largest absolute Gasteiger partial charge is 0.416 e. The van der Waals surface area contributed by atoms with E-state index in [-0.39, 0.29) is 12.2 Å². The summed E-state index contributed by atoms with van der Waals surface area (Å²) in [6.45, 7) is 0.0570. The van der Waals surface area contributed by atoms with E-state index < -0.39 is 28.7 Å². The zero-order chi connectivity index (χ0) is 20.8. The number of benzene rings is 2. The molecule has 1 aliphatic heterocycles. The molecule has 0 amide bonds. The predicted molar refractivity (Wildman–Crippen MR) is 104 cm³/mol. The number of rotatable bonds is 2. The second kappa shape index (κ2) is 6.89. The van der Waals surface area contributed by atoms with E-state index in [1.165, 1.54) is 22.6 Å². The monoisotopic (exact) mass is 420 g/mol. The lowest BCUT2D eigenvalue weighted by atomic mass is 10.0. The van der Waals surface area contributed by atoms with Gasteiger partial charge in [-0.1, -0.05) is 23.1 Å². The number of aromatic nitrogens is 1. The van der Waals surface area contributed by atoms with Crippen LogP contribution in [0.25, 0.3) is 10.8 Å². The minimum atomic E-state index is -4.50. The molecule has 1 fully saturated rings. The Labute approximate surface area is 165 Å². The molecule has 3 N–H and O–H groups in total. The third-order valence-electron chi connectivity index (χ3n) is 4.73. The average molecular weight is 420 g/mol. The van der Waals surface area contributed by atoms with Crippen LogP contribution in [0.1, 0.15) is 22.9 Å². The number of nitrogens with one attached hydrogen (secondary N) is 1. The average Bonchev–Trinajstić information content (AvgIpc) is 3.01. The van der Waals surface area contributed by atoms with Crippen molar-refractivity contribution in [1.29, 1.82) is 5.26 Å². The second-order valence-electron chi connectivity index (χ2n) is 6.51. The molecule has 2 aromatic carbocycles. The van der Waals surface area contributed by atoms with Crippen LogP contribution in [0.5, 0.6) is 0 Å². The Morgan fingerprint density at radius 3 is 2.69 bits per heavy atom. The molecule has 0 saturated carbocycles. The summed E-state index contributed by atoms with van der Waals surface area (Å²) >= 11 is 0. The topological polar surface area (TPSA) is 92.4 Å². The highest BCUT2D eigenvalue weighted by Gasteiger charge is 2.40. The highest BCUT2D eigenvalue weighted by atomic mass is 32.3. The molecule has 10 heteroatoms. The van der Waals surface area contributed by atoms with Crippen molar-refractivity contribution in [3.63, 3.8) is 0 Å². The Morgan fingerprint density at radius 2 is 1.97 bits per heavy atom. The summed E-state index contributed by atoms with van der Waals surface area (Å²) in [4.78, 5) is 3.99. The van der Waals surface area contributed by atoms with Crippen LogP contribution < -0.4 is 9.03 Å². The van der Waals surface area contributed by atoms with Gasteiger partial charge in [0.05, 0.1) is 17.3 Å². The van der Waals surface area contributed by atoms with Crippen molar-refractivity contribution >= 4 is 27.4 Å². The molecule has 1 aliphatic rings. The Hall–Kier alpha value is -2.84. The Kier molecular flexibility index (Phi) is 4.63. The number of halogens is 3. The van der Waals surface area contributed by atoms with Crippen molar-refractivity contribution in [2.24, 2.45) is 0 Å². The first-order valence-corrected chi connectivity index (χ1v) is 9.99. The van der Waals surface area contributed by atoms with E-state index in [1.807, 2.05) is 6.07 Å². The van der Waals surface area contributed by atoms with Gasteiger partial charge in [-0.15, -0.1) is 0 Å². The summed E-state index contributed by atoms with van der Waals surface area (Å²) in [5.41, 5.74) is 0.133. The van der Waals surface area contributed by atoms with E-state index in [4.69, 9.17) is 0 Å². The van der Waals surface area contributed by atoms with Crippen molar-refractivity contribution in [1.82, 2.24) is 9.71 Å². The Balaban J connectivity index is 1.80. The molecule has 0 spiro atoms. The number of alkyl halides is 3. The first-order valence-electron chi connectivity index (χ1n) is 8.49. The number of nitrogens with zero attached hydrogens (tertiary/aromatic N) is 3. The number of anilines is 1. The van der Waals surface area contributed by atoms with Crippen molar-refractivity contribution in [3.05, 3.63) is 71.5 Å². The van der Waals surface area contributed by atoms with Crippen molar-refractivity contribution < 1.29 is 22.3 Å². The fraction of sp³-hybridized carbons (Fsp3) is 0.158. The maximum Gasteiger partial charge on any atom is 0.416 e. The zero-order valence-corrected chi connectivity index (χ0v) is 15.6. The number of nitriles is 1. The SMILES string of the molecule is N#Cc1nccc2cc(N3[C@H](c4cccc(C(F)(F)F)c4)CNS3(O)O)ccc12. The molecule has 0 unspecified atom stereocenters. The quantitative estimate of drug-likeness (QED) is 0.549. The van der Waals surface area contributed by atoms with Crippen LogP contribution in [0.15, 0.2) is 54.7 Å². The molecule has 3 aromatic rings. The van der Waals surface area contributed by atoms with Gasteiger partial charge < -0.3 is 0 Å². The zero-order valence-electron chi connectivity index (χ0n) is 14.8. The molecule has 6 nitrogen and oxygen atoms in total. The molecule has 1 saturated heterocycles. The van der Waals surface area contributed by atoms with Crippen LogP contribution in [-0.2, 0) is 6.18 Å². The third kappa shape index (κ3) is 3.49. The Morgan fingerprint density at radius 1 is 1.17 bits per heavy atom. The van der Waals surface area contributed by atoms with Crippen molar-refractivity contribution in [3.8, 4) is 6.07 Å². The van der Waals surface area contributed by atoms with E-state index in [0.717, 1.165) is 12.1 Å². The van der Waals surface area contributed by atoms with Gasteiger partial charge in [-0.2, -0.15) is 23.2 Å².